The van der Waals surface area contributed by atoms with E-state index < -0.39 is 16.0 Å². The second-order valence-electron chi connectivity index (χ2n) is 6.86. The molecular formula is C22H28N2O6S. The lowest BCUT2D eigenvalue weighted by Gasteiger charge is -2.24. The van der Waals surface area contributed by atoms with Gasteiger partial charge in [0.2, 0.25) is 15.9 Å². The molecule has 2 rings (SSSR count). The molecule has 0 saturated heterocycles. The van der Waals surface area contributed by atoms with E-state index in [0.29, 0.717) is 34.7 Å². The predicted octanol–water partition coefficient (Wildman–Crippen LogP) is 3.37. The van der Waals surface area contributed by atoms with Crippen molar-refractivity contribution < 1.29 is 27.5 Å². The summed E-state index contributed by atoms with van der Waals surface area (Å²) in [5.41, 5.74) is 1.94. The molecule has 1 amide bonds. The van der Waals surface area contributed by atoms with Gasteiger partial charge >= 0.3 is 5.97 Å². The summed E-state index contributed by atoms with van der Waals surface area (Å²) < 4.78 is 36.1. The van der Waals surface area contributed by atoms with Crippen LogP contribution in [0.3, 0.4) is 0 Å². The summed E-state index contributed by atoms with van der Waals surface area (Å²) >= 11 is 0. The summed E-state index contributed by atoms with van der Waals surface area (Å²) in [5, 5.41) is 2.78. The fourth-order valence-corrected chi connectivity index (χ4v) is 4.07. The Morgan fingerprint density at radius 3 is 2.45 bits per heavy atom. The van der Waals surface area contributed by atoms with E-state index in [1.165, 1.54) is 11.4 Å². The third kappa shape index (κ3) is 6.45. The van der Waals surface area contributed by atoms with E-state index in [1.54, 1.807) is 56.3 Å². The number of methoxy groups -OCH3 is 1. The molecule has 0 atom stereocenters. The first-order chi connectivity index (χ1) is 14.7. The summed E-state index contributed by atoms with van der Waals surface area (Å²) in [6, 6.07) is 11.8. The number of nitrogens with zero attached hydrogens (tertiary/aromatic N) is 1. The molecule has 0 saturated carbocycles. The van der Waals surface area contributed by atoms with Crippen molar-refractivity contribution in [2.75, 3.05) is 36.1 Å². The highest BCUT2D eigenvalue weighted by Gasteiger charge is 2.21. The summed E-state index contributed by atoms with van der Waals surface area (Å²) in [7, 11) is -2.09. The van der Waals surface area contributed by atoms with Crippen LogP contribution in [0.4, 0.5) is 11.4 Å². The van der Waals surface area contributed by atoms with Crippen molar-refractivity contribution in [1.82, 2.24) is 0 Å². The van der Waals surface area contributed by atoms with Crippen molar-refractivity contribution in [3.63, 3.8) is 0 Å². The lowest BCUT2D eigenvalue weighted by atomic mass is 10.1. The van der Waals surface area contributed by atoms with Crippen LogP contribution in [0, 0.1) is 6.92 Å². The molecule has 2 aromatic rings. The van der Waals surface area contributed by atoms with Gasteiger partial charge in [0.15, 0.2) is 0 Å². The van der Waals surface area contributed by atoms with Gasteiger partial charge in [0.25, 0.3) is 0 Å². The Labute approximate surface area is 183 Å². The predicted molar refractivity (Wildman–Crippen MR) is 120 cm³/mol. The van der Waals surface area contributed by atoms with Crippen molar-refractivity contribution in [2.45, 2.75) is 26.7 Å². The molecule has 0 aromatic heterocycles. The molecule has 1 N–H and O–H groups in total. The number of rotatable bonds is 10. The molecular weight excluding hydrogens is 420 g/mol. The minimum atomic E-state index is -3.56. The number of esters is 1. The van der Waals surface area contributed by atoms with Gasteiger partial charge in [-0.15, -0.1) is 0 Å². The number of anilines is 2. The lowest BCUT2D eigenvalue weighted by molar-refractivity contribution is -0.116. The van der Waals surface area contributed by atoms with Crippen LogP contribution in [0.2, 0.25) is 0 Å². The van der Waals surface area contributed by atoms with Crippen LogP contribution < -0.4 is 14.4 Å². The highest BCUT2D eigenvalue weighted by molar-refractivity contribution is 7.92. The zero-order valence-electron chi connectivity index (χ0n) is 18.2. The van der Waals surface area contributed by atoms with E-state index >= 15 is 0 Å². The molecule has 0 fully saturated rings. The van der Waals surface area contributed by atoms with Gasteiger partial charge in [-0.3, -0.25) is 9.10 Å². The van der Waals surface area contributed by atoms with Crippen LogP contribution >= 0.6 is 0 Å². The Morgan fingerprint density at radius 1 is 1.10 bits per heavy atom. The standard InChI is InChI=1S/C22H28N2O6S/c1-5-30-22(26)17-10-8-11-18(16(17)2)23-21(25)14-9-15-24(31(4,27)28)19-12-6-7-13-20(19)29-3/h6-8,10-13H,5,9,14-15H2,1-4H3,(H,23,25). The Bertz CT molecular complexity index is 1040. The number of para-hydroxylation sites is 2. The molecule has 0 aliphatic carbocycles. The van der Waals surface area contributed by atoms with Gasteiger partial charge in [0, 0.05) is 18.7 Å². The van der Waals surface area contributed by atoms with Crippen molar-refractivity contribution in [1.29, 1.82) is 0 Å². The van der Waals surface area contributed by atoms with E-state index in [4.69, 9.17) is 9.47 Å². The minimum Gasteiger partial charge on any atom is -0.495 e. The van der Waals surface area contributed by atoms with Crippen LogP contribution in [0.1, 0.15) is 35.7 Å². The maximum Gasteiger partial charge on any atom is 0.338 e. The van der Waals surface area contributed by atoms with E-state index in [-0.39, 0.29) is 25.5 Å². The average molecular weight is 449 g/mol. The van der Waals surface area contributed by atoms with E-state index in [0.717, 1.165) is 6.26 Å². The fourth-order valence-electron chi connectivity index (χ4n) is 3.10. The number of carbonyl (C=O) groups excluding carboxylic acids is 2. The number of nitrogens with one attached hydrogen (secondary N) is 1. The molecule has 0 bridgehead atoms. The first-order valence-electron chi connectivity index (χ1n) is 9.86. The maximum atomic E-state index is 12.4. The van der Waals surface area contributed by atoms with Crippen LogP contribution in [-0.2, 0) is 19.6 Å². The van der Waals surface area contributed by atoms with Crippen molar-refractivity contribution in [2.24, 2.45) is 0 Å². The van der Waals surface area contributed by atoms with E-state index in [9.17, 15) is 18.0 Å². The number of carbonyl (C=O) groups is 2. The van der Waals surface area contributed by atoms with Gasteiger partial charge in [-0.2, -0.15) is 0 Å². The molecule has 31 heavy (non-hydrogen) atoms. The van der Waals surface area contributed by atoms with Crippen molar-refractivity contribution >= 4 is 33.3 Å². The van der Waals surface area contributed by atoms with Crippen LogP contribution in [0.15, 0.2) is 42.5 Å². The first kappa shape index (κ1) is 24.2. The molecule has 0 heterocycles. The Kier molecular flexibility index (Phi) is 8.44. The van der Waals surface area contributed by atoms with Crippen LogP contribution in [-0.4, -0.2) is 46.8 Å². The number of ether oxygens (including phenoxy) is 2. The van der Waals surface area contributed by atoms with Gasteiger partial charge in [0.05, 0.1) is 31.2 Å². The van der Waals surface area contributed by atoms with Gasteiger partial charge in [-0.1, -0.05) is 18.2 Å². The number of hydrogen-bond donors (Lipinski definition) is 1. The zero-order chi connectivity index (χ0) is 23.0. The monoisotopic (exact) mass is 448 g/mol. The zero-order valence-corrected chi connectivity index (χ0v) is 19.0. The molecule has 0 aliphatic heterocycles. The molecule has 0 aliphatic rings. The quantitative estimate of drug-likeness (QED) is 0.559. The molecule has 0 unspecified atom stereocenters. The Balaban J connectivity index is 2.05. The highest BCUT2D eigenvalue weighted by Crippen LogP contribution is 2.29. The topological polar surface area (TPSA) is 102 Å². The Hall–Kier alpha value is -3.07. The van der Waals surface area contributed by atoms with Crippen LogP contribution in [0.25, 0.3) is 0 Å². The van der Waals surface area contributed by atoms with Gasteiger partial charge in [-0.25, -0.2) is 13.2 Å². The van der Waals surface area contributed by atoms with Crippen molar-refractivity contribution in [3.05, 3.63) is 53.6 Å². The normalized spacial score (nSPS) is 11.0. The number of hydrogen-bond acceptors (Lipinski definition) is 6. The molecule has 9 heteroatoms. The molecule has 168 valence electrons. The average Bonchev–Trinajstić information content (AvgIpc) is 2.72. The number of sulfonamides is 1. The second kappa shape index (κ2) is 10.8. The van der Waals surface area contributed by atoms with E-state index in [2.05, 4.69) is 5.32 Å². The van der Waals surface area contributed by atoms with Crippen molar-refractivity contribution in [3.8, 4) is 5.75 Å². The summed E-state index contributed by atoms with van der Waals surface area (Å²) in [6.07, 6.45) is 1.52. The van der Waals surface area contributed by atoms with Gasteiger partial charge < -0.3 is 14.8 Å². The smallest absolute Gasteiger partial charge is 0.338 e. The summed E-state index contributed by atoms with van der Waals surface area (Å²) in [5.74, 6) is -0.293. The first-order valence-corrected chi connectivity index (χ1v) is 11.7. The third-order valence-corrected chi connectivity index (χ3v) is 5.80. The second-order valence-corrected chi connectivity index (χ2v) is 8.76. The lowest BCUT2D eigenvalue weighted by Crippen LogP contribution is -2.31. The van der Waals surface area contributed by atoms with E-state index in [1.807, 2.05) is 0 Å². The highest BCUT2D eigenvalue weighted by atomic mass is 32.2. The maximum absolute atomic E-state index is 12.4. The molecule has 0 spiro atoms. The third-order valence-electron chi connectivity index (χ3n) is 4.62. The SMILES string of the molecule is CCOC(=O)c1cccc(NC(=O)CCCN(c2ccccc2OC)S(C)(=O)=O)c1C. The van der Waals surface area contributed by atoms with Gasteiger partial charge in [-0.05, 0) is 50.1 Å². The molecule has 8 nitrogen and oxygen atoms in total. The number of amides is 1. The fraction of sp³-hybridized carbons (Fsp3) is 0.364. The molecule has 2 aromatic carbocycles. The van der Waals surface area contributed by atoms with Crippen LogP contribution in [0.5, 0.6) is 5.75 Å². The largest absolute Gasteiger partial charge is 0.495 e. The number of benzene rings is 2. The summed E-state index contributed by atoms with van der Waals surface area (Å²) in [6.45, 7) is 3.84. The van der Waals surface area contributed by atoms with Gasteiger partial charge in [0.1, 0.15) is 5.75 Å². The Morgan fingerprint density at radius 2 is 1.81 bits per heavy atom. The summed E-state index contributed by atoms with van der Waals surface area (Å²) in [4.78, 5) is 24.5. The molecule has 0 radical (unpaired) electrons. The minimum absolute atomic E-state index is 0.101.